The van der Waals surface area contributed by atoms with Crippen LogP contribution in [0.15, 0.2) is 56.0 Å². The van der Waals surface area contributed by atoms with E-state index in [2.05, 4.69) is 6.07 Å². The molecule has 0 aromatic heterocycles. The predicted molar refractivity (Wildman–Crippen MR) is 71.9 cm³/mol. The molecule has 3 rings (SSSR count). The van der Waals surface area contributed by atoms with Crippen molar-refractivity contribution in [3.63, 3.8) is 0 Å². The molecule has 0 saturated heterocycles. The quantitative estimate of drug-likeness (QED) is 0.662. The van der Waals surface area contributed by atoms with E-state index in [9.17, 15) is 9.59 Å². The Hall–Kier alpha value is -1.52. The molecule has 88 valence electrons. The number of carbonyl (C=O) groups excluding carboxylic acids is 2. The average molecular weight is 272 g/mol. The van der Waals surface area contributed by atoms with Gasteiger partial charge >= 0.3 is 0 Å². The molecule has 1 aliphatic heterocycles. The van der Waals surface area contributed by atoms with Crippen LogP contribution in [0, 0.1) is 0 Å². The Kier molecular flexibility index (Phi) is 2.97. The molecule has 0 saturated carbocycles. The third kappa shape index (κ3) is 1.78. The maximum Gasteiger partial charge on any atom is 0.151 e. The molecule has 0 amide bonds. The van der Waals surface area contributed by atoms with Crippen molar-refractivity contribution >= 4 is 36.1 Å². The highest BCUT2D eigenvalue weighted by Gasteiger charge is 2.21. The van der Waals surface area contributed by atoms with E-state index in [1.807, 2.05) is 24.3 Å². The molecule has 18 heavy (non-hydrogen) atoms. The van der Waals surface area contributed by atoms with E-state index in [0.717, 1.165) is 27.3 Å². The second-order valence-electron chi connectivity index (χ2n) is 3.78. The SMILES string of the molecule is O=Cc1ccc2c(c1C=O)Sc1ccccc1S2. The maximum atomic E-state index is 11.2. The molecular weight excluding hydrogens is 264 g/mol. The maximum absolute atomic E-state index is 11.2. The van der Waals surface area contributed by atoms with Gasteiger partial charge in [-0.15, -0.1) is 0 Å². The Labute approximate surface area is 113 Å². The summed E-state index contributed by atoms with van der Waals surface area (Å²) in [4.78, 5) is 26.4. The van der Waals surface area contributed by atoms with E-state index >= 15 is 0 Å². The standard InChI is InChI=1S/C14H8O2S2/c15-7-9-5-6-13-14(10(9)8-16)18-12-4-2-1-3-11(12)17-13/h1-8H. The zero-order valence-corrected chi connectivity index (χ0v) is 10.9. The van der Waals surface area contributed by atoms with Crippen molar-refractivity contribution in [2.24, 2.45) is 0 Å². The number of hydrogen-bond acceptors (Lipinski definition) is 4. The van der Waals surface area contributed by atoms with E-state index in [1.54, 1.807) is 29.6 Å². The molecule has 0 N–H and O–H groups in total. The number of aldehydes is 2. The van der Waals surface area contributed by atoms with Crippen molar-refractivity contribution in [2.75, 3.05) is 0 Å². The number of rotatable bonds is 2. The lowest BCUT2D eigenvalue weighted by molar-refractivity contribution is 0.109. The van der Waals surface area contributed by atoms with Crippen LogP contribution in [0.5, 0.6) is 0 Å². The van der Waals surface area contributed by atoms with E-state index in [-0.39, 0.29) is 0 Å². The van der Waals surface area contributed by atoms with Gasteiger partial charge in [-0.25, -0.2) is 0 Å². The molecule has 1 heterocycles. The van der Waals surface area contributed by atoms with Crippen LogP contribution >= 0.6 is 23.5 Å². The molecule has 0 bridgehead atoms. The fourth-order valence-electron chi connectivity index (χ4n) is 1.85. The van der Waals surface area contributed by atoms with Gasteiger partial charge in [0.1, 0.15) is 0 Å². The summed E-state index contributed by atoms with van der Waals surface area (Å²) in [7, 11) is 0. The van der Waals surface area contributed by atoms with E-state index in [0.29, 0.717) is 11.1 Å². The molecule has 0 atom stereocenters. The molecule has 2 aromatic rings. The van der Waals surface area contributed by atoms with Gasteiger partial charge in [0.05, 0.1) is 0 Å². The molecule has 2 aromatic carbocycles. The number of hydrogen-bond donors (Lipinski definition) is 0. The second-order valence-corrected chi connectivity index (χ2v) is 5.92. The van der Waals surface area contributed by atoms with Crippen LogP contribution in [0.25, 0.3) is 0 Å². The zero-order valence-electron chi connectivity index (χ0n) is 9.25. The third-order valence-corrected chi connectivity index (χ3v) is 5.33. The lowest BCUT2D eigenvalue weighted by Gasteiger charge is -2.19. The van der Waals surface area contributed by atoms with Crippen molar-refractivity contribution in [3.05, 3.63) is 47.5 Å². The monoisotopic (exact) mass is 272 g/mol. The van der Waals surface area contributed by atoms with Crippen LogP contribution in [-0.4, -0.2) is 12.6 Å². The largest absolute Gasteiger partial charge is 0.298 e. The number of benzene rings is 2. The lowest BCUT2D eigenvalue weighted by Crippen LogP contribution is -1.98. The van der Waals surface area contributed by atoms with Crippen LogP contribution in [-0.2, 0) is 0 Å². The van der Waals surface area contributed by atoms with Gasteiger partial charge < -0.3 is 0 Å². The molecule has 0 unspecified atom stereocenters. The molecule has 0 fully saturated rings. The Morgan fingerprint density at radius 1 is 0.778 bits per heavy atom. The van der Waals surface area contributed by atoms with E-state index in [1.165, 1.54) is 4.90 Å². The van der Waals surface area contributed by atoms with Gasteiger partial charge in [0.25, 0.3) is 0 Å². The van der Waals surface area contributed by atoms with Crippen LogP contribution in [0.4, 0.5) is 0 Å². The van der Waals surface area contributed by atoms with Gasteiger partial charge in [-0.2, -0.15) is 0 Å². The highest BCUT2D eigenvalue weighted by atomic mass is 32.2. The smallest absolute Gasteiger partial charge is 0.151 e. The molecule has 1 aliphatic rings. The first-order valence-corrected chi connectivity index (χ1v) is 6.99. The first-order valence-electron chi connectivity index (χ1n) is 5.35. The summed E-state index contributed by atoms with van der Waals surface area (Å²) in [6.45, 7) is 0. The summed E-state index contributed by atoms with van der Waals surface area (Å²) in [5.41, 5.74) is 0.950. The summed E-state index contributed by atoms with van der Waals surface area (Å²) in [5, 5.41) is 0. The third-order valence-electron chi connectivity index (χ3n) is 2.72. The summed E-state index contributed by atoms with van der Waals surface area (Å²) >= 11 is 3.19. The van der Waals surface area contributed by atoms with Crippen LogP contribution in [0.2, 0.25) is 0 Å². The summed E-state index contributed by atoms with van der Waals surface area (Å²) < 4.78 is 0. The van der Waals surface area contributed by atoms with Gasteiger partial charge in [-0.05, 0) is 24.3 Å². The summed E-state index contributed by atoms with van der Waals surface area (Å²) in [6, 6.07) is 11.7. The second kappa shape index (κ2) is 4.63. The van der Waals surface area contributed by atoms with E-state index < -0.39 is 0 Å². The first kappa shape index (κ1) is 11.6. The fraction of sp³-hybridized carbons (Fsp3) is 0. The van der Waals surface area contributed by atoms with E-state index in [4.69, 9.17) is 0 Å². The lowest BCUT2D eigenvalue weighted by atomic mass is 10.1. The van der Waals surface area contributed by atoms with Crippen molar-refractivity contribution in [1.29, 1.82) is 0 Å². The summed E-state index contributed by atoms with van der Waals surface area (Å²) in [6.07, 6.45) is 1.50. The minimum atomic E-state index is 0.455. The summed E-state index contributed by atoms with van der Waals surface area (Å²) in [5.74, 6) is 0. The normalized spacial score (nSPS) is 12.4. The fourth-order valence-corrected chi connectivity index (χ4v) is 4.22. The van der Waals surface area contributed by atoms with Crippen molar-refractivity contribution in [3.8, 4) is 0 Å². The average Bonchev–Trinajstić information content (AvgIpc) is 2.43. The number of carbonyl (C=O) groups is 2. The van der Waals surface area contributed by atoms with Gasteiger partial charge in [-0.1, -0.05) is 35.7 Å². The van der Waals surface area contributed by atoms with Gasteiger partial charge in [0.2, 0.25) is 0 Å². The van der Waals surface area contributed by atoms with Crippen LogP contribution in [0.3, 0.4) is 0 Å². The first-order chi connectivity index (χ1) is 8.83. The Morgan fingerprint density at radius 3 is 2.17 bits per heavy atom. The van der Waals surface area contributed by atoms with Gasteiger partial charge in [0.15, 0.2) is 12.6 Å². The Bertz CT molecular complexity index is 650. The molecule has 2 nitrogen and oxygen atoms in total. The zero-order chi connectivity index (χ0) is 12.5. The highest BCUT2D eigenvalue weighted by Crippen LogP contribution is 2.49. The van der Waals surface area contributed by atoms with Gasteiger partial charge in [0, 0.05) is 30.7 Å². The Morgan fingerprint density at radius 2 is 1.50 bits per heavy atom. The topological polar surface area (TPSA) is 34.1 Å². The predicted octanol–water partition coefficient (Wildman–Crippen LogP) is 3.93. The highest BCUT2D eigenvalue weighted by molar-refractivity contribution is 8.05. The van der Waals surface area contributed by atoms with Crippen molar-refractivity contribution in [2.45, 2.75) is 19.6 Å². The van der Waals surface area contributed by atoms with Crippen molar-refractivity contribution in [1.82, 2.24) is 0 Å². The minimum Gasteiger partial charge on any atom is -0.298 e. The Balaban J connectivity index is 2.18. The molecule has 0 spiro atoms. The molecule has 0 radical (unpaired) electrons. The molecule has 4 heteroatoms. The molecule has 0 aliphatic carbocycles. The minimum absolute atomic E-state index is 0.455. The molecular formula is C14H8O2S2. The number of fused-ring (bicyclic) bond motifs is 2. The van der Waals surface area contributed by atoms with Crippen LogP contribution in [0.1, 0.15) is 20.7 Å². The van der Waals surface area contributed by atoms with Crippen LogP contribution < -0.4 is 0 Å². The van der Waals surface area contributed by atoms with Gasteiger partial charge in [-0.3, -0.25) is 9.59 Å². The van der Waals surface area contributed by atoms with Crippen molar-refractivity contribution < 1.29 is 9.59 Å².